The molecular weight excluding hydrogens is 308 g/mol. The van der Waals surface area contributed by atoms with E-state index in [1.54, 1.807) is 11.3 Å². The number of rotatable bonds is 2. The van der Waals surface area contributed by atoms with Gasteiger partial charge in [-0.3, -0.25) is 0 Å². The third kappa shape index (κ3) is 2.29. The molecule has 2 nitrogen and oxygen atoms in total. The van der Waals surface area contributed by atoms with Crippen molar-refractivity contribution in [2.24, 2.45) is 0 Å². The van der Waals surface area contributed by atoms with E-state index in [0.717, 1.165) is 15.7 Å². The van der Waals surface area contributed by atoms with Gasteiger partial charge in [0.25, 0.3) is 0 Å². The van der Waals surface area contributed by atoms with Crippen LogP contribution in [-0.2, 0) is 0 Å². The molecule has 0 amide bonds. The maximum Gasteiger partial charge on any atom is 0.162 e. The van der Waals surface area contributed by atoms with Gasteiger partial charge in [0.05, 0.1) is 10.2 Å². The summed E-state index contributed by atoms with van der Waals surface area (Å²) in [6.45, 7) is 4.17. The molecule has 0 aliphatic carbocycles. The van der Waals surface area contributed by atoms with Crippen molar-refractivity contribution in [3.05, 3.63) is 32.1 Å². The maximum absolute atomic E-state index is 6.09. The van der Waals surface area contributed by atoms with Crippen molar-refractivity contribution in [3.8, 4) is 11.4 Å². The molecular formula is C11H10BrClN2S. The van der Waals surface area contributed by atoms with E-state index < -0.39 is 0 Å². The first-order valence-electron chi connectivity index (χ1n) is 4.85. The molecule has 16 heavy (non-hydrogen) atoms. The van der Waals surface area contributed by atoms with Gasteiger partial charge < -0.3 is 0 Å². The van der Waals surface area contributed by atoms with Gasteiger partial charge in [-0.2, -0.15) is 11.3 Å². The second-order valence-electron chi connectivity index (χ2n) is 3.70. The highest BCUT2D eigenvalue weighted by Gasteiger charge is 2.14. The highest BCUT2D eigenvalue weighted by molar-refractivity contribution is 9.10. The van der Waals surface area contributed by atoms with Crippen LogP contribution in [0.15, 0.2) is 21.3 Å². The van der Waals surface area contributed by atoms with Crippen molar-refractivity contribution in [1.82, 2.24) is 9.97 Å². The molecule has 0 fully saturated rings. The van der Waals surface area contributed by atoms with E-state index >= 15 is 0 Å². The van der Waals surface area contributed by atoms with E-state index in [1.807, 2.05) is 16.8 Å². The molecule has 0 aliphatic rings. The first-order chi connectivity index (χ1) is 7.59. The minimum absolute atomic E-state index is 0.312. The van der Waals surface area contributed by atoms with Crippen LogP contribution in [0.25, 0.3) is 11.4 Å². The fourth-order valence-corrected chi connectivity index (χ4v) is 2.79. The number of nitrogens with zero attached hydrogens (tertiary/aromatic N) is 2. The topological polar surface area (TPSA) is 25.8 Å². The van der Waals surface area contributed by atoms with Crippen LogP contribution in [0.4, 0.5) is 0 Å². The SMILES string of the molecule is CC(C)c1nc(-c2ccsc2)nc(Cl)c1Br. The Kier molecular flexibility index (Phi) is 3.62. The zero-order chi connectivity index (χ0) is 11.7. The predicted molar refractivity (Wildman–Crippen MR) is 72.1 cm³/mol. The highest BCUT2D eigenvalue weighted by Crippen LogP contribution is 2.31. The second-order valence-corrected chi connectivity index (χ2v) is 5.64. The van der Waals surface area contributed by atoms with Gasteiger partial charge in [0.2, 0.25) is 0 Å². The van der Waals surface area contributed by atoms with Crippen LogP contribution >= 0.6 is 38.9 Å². The lowest BCUT2D eigenvalue weighted by atomic mass is 10.1. The monoisotopic (exact) mass is 316 g/mol. The van der Waals surface area contributed by atoms with E-state index in [1.165, 1.54) is 0 Å². The molecule has 0 unspecified atom stereocenters. The summed E-state index contributed by atoms with van der Waals surface area (Å²) < 4.78 is 0.795. The number of hydrogen-bond acceptors (Lipinski definition) is 3. The summed E-state index contributed by atoms with van der Waals surface area (Å²) in [5.41, 5.74) is 1.96. The summed E-state index contributed by atoms with van der Waals surface area (Å²) in [7, 11) is 0. The fraction of sp³-hybridized carbons (Fsp3) is 0.273. The van der Waals surface area contributed by atoms with E-state index in [9.17, 15) is 0 Å². The van der Waals surface area contributed by atoms with Gasteiger partial charge in [-0.05, 0) is 33.3 Å². The summed E-state index contributed by atoms with van der Waals surface area (Å²) in [6, 6.07) is 1.99. The largest absolute Gasteiger partial charge is 0.231 e. The van der Waals surface area contributed by atoms with E-state index in [-0.39, 0.29) is 0 Å². The van der Waals surface area contributed by atoms with Gasteiger partial charge in [-0.25, -0.2) is 9.97 Å². The third-order valence-electron chi connectivity index (χ3n) is 2.16. The third-order valence-corrected chi connectivity index (χ3v) is 4.13. The Hall–Kier alpha value is -0.450. The summed E-state index contributed by atoms with van der Waals surface area (Å²) in [5.74, 6) is 1.01. The molecule has 0 N–H and O–H groups in total. The molecule has 5 heteroatoms. The Morgan fingerprint density at radius 1 is 1.38 bits per heavy atom. The number of aromatic nitrogens is 2. The Morgan fingerprint density at radius 3 is 2.69 bits per heavy atom. The van der Waals surface area contributed by atoms with Crippen molar-refractivity contribution in [1.29, 1.82) is 0 Å². The fourth-order valence-electron chi connectivity index (χ4n) is 1.34. The van der Waals surface area contributed by atoms with E-state index in [2.05, 4.69) is 39.7 Å². The molecule has 2 heterocycles. The predicted octanol–water partition coefficient (Wildman–Crippen LogP) is 4.74. The van der Waals surface area contributed by atoms with Crippen LogP contribution < -0.4 is 0 Å². The highest BCUT2D eigenvalue weighted by atomic mass is 79.9. The van der Waals surface area contributed by atoms with Crippen LogP contribution in [0.2, 0.25) is 5.15 Å². The standard InChI is InChI=1S/C11H10BrClN2S/c1-6(2)9-8(12)10(13)15-11(14-9)7-3-4-16-5-7/h3-6H,1-2H3. The van der Waals surface area contributed by atoms with Crippen molar-refractivity contribution < 1.29 is 0 Å². The van der Waals surface area contributed by atoms with Crippen LogP contribution in [0.3, 0.4) is 0 Å². The lowest BCUT2D eigenvalue weighted by molar-refractivity contribution is 0.809. The first kappa shape index (κ1) is 12.0. The Morgan fingerprint density at radius 2 is 2.12 bits per heavy atom. The van der Waals surface area contributed by atoms with Crippen molar-refractivity contribution in [2.45, 2.75) is 19.8 Å². The summed E-state index contributed by atoms with van der Waals surface area (Å²) in [4.78, 5) is 8.81. The lowest BCUT2D eigenvalue weighted by Crippen LogP contribution is -1.99. The molecule has 0 saturated heterocycles. The molecule has 0 radical (unpaired) electrons. The molecule has 0 saturated carbocycles. The quantitative estimate of drug-likeness (QED) is 0.747. The van der Waals surface area contributed by atoms with Crippen molar-refractivity contribution >= 4 is 38.9 Å². The minimum atomic E-state index is 0.312. The van der Waals surface area contributed by atoms with Crippen molar-refractivity contribution in [2.75, 3.05) is 0 Å². The van der Waals surface area contributed by atoms with Gasteiger partial charge in [-0.15, -0.1) is 0 Å². The zero-order valence-corrected chi connectivity index (χ0v) is 12.0. The molecule has 0 aromatic carbocycles. The Balaban J connectivity index is 2.57. The lowest BCUT2D eigenvalue weighted by Gasteiger charge is -2.09. The van der Waals surface area contributed by atoms with Crippen LogP contribution in [0, 0.1) is 0 Å². The molecule has 2 rings (SSSR count). The van der Waals surface area contributed by atoms with Gasteiger partial charge in [0, 0.05) is 10.9 Å². The average molecular weight is 318 g/mol. The van der Waals surface area contributed by atoms with Gasteiger partial charge in [0.1, 0.15) is 5.15 Å². The van der Waals surface area contributed by atoms with Crippen molar-refractivity contribution in [3.63, 3.8) is 0 Å². The molecule has 0 aliphatic heterocycles. The average Bonchev–Trinajstić information content (AvgIpc) is 2.74. The number of halogens is 2. The Labute approximate surface area is 112 Å². The van der Waals surface area contributed by atoms with Crippen LogP contribution in [-0.4, -0.2) is 9.97 Å². The molecule has 2 aromatic rings. The summed E-state index contributed by atoms with van der Waals surface area (Å²) in [5, 5.41) is 4.49. The minimum Gasteiger partial charge on any atom is -0.231 e. The maximum atomic E-state index is 6.09. The van der Waals surface area contributed by atoms with Gasteiger partial charge in [0.15, 0.2) is 5.82 Å². The molecule has 2 aromatic heterocycles. The van der Waals surface area contributed by atoms with E-state index in [4.69, 9.17) is 11.6 Å². The molecule has 84 valence electrons. The number of hydrogen-bond donors (Lipinski definition) is 0. The molecule has 0 atom stereocenters. The number of thiophene rings is 1. The summed E-state index contributed by atoms with van der Waals surface area (Å²) >= 11 is 11.1. The first-order valence-corrected chi connectivity index (χ1v) is 6.96. The normalized spacial score (nSPS) is 11.1. The van der Waals surface area contributed by atoms with Gasteiger partial charge >= 0.3 is 0 Å². The van der Waals surface area contributed by atoms with E-state index in [0.29, 0.717) is 16.9 Å². The molecule has 0 bridgehead atoms. The smallest absolute Gasteiger partial charge is 0.162 e. The van der Waals surface area contributed by atoms with Gasteiger partial charge in [-0.1, -0.05) is 25.4 Å². The van der Waals surface area contributed by atoms with Crippen LogP contribution in [0.5, 0.6) is 0 Å². The second kappa shape index (κ2) is 4.82. The zero-order valence-electron chi connectivity index (χ0n) is 8.87. The summed E-state index contributed by atoms with van der Waals surface area (Å²) in [6.07, 6.45) is 0. The molecule has 0 spiro atoms. The van der Waals surface area contributed by atoms with Crippen LogP contribution in [0.1, 0.15) is 25.5 Å². The Bertz CT molecular complexity index is 497.